The number of nitrogens with two attached hydrogens (primary N) is 1. The highest BCUT2D eigenvalue weighted by Gasteiger charge is 2.54. The molecular weight excluding hydrogens is 602 g/mol. The quantitative estimate of drug-likeness (QED) is 0.115. The van der Waals surface area contributed by atoms with Crippen molar-refractivity contribution >= 4 is 57.7 Å². The Hall–Kier alpha value is -4.32. The number of thioether (sulfide) groups is 1. The number of hydrogen-bond donors (Lipinski definition) is 2. The van der Waals surface area contributed by atoms with Crippen molar-refractivity contribution in [2.75, 3.05) is 24.9 Å². The van der Waals surface area contributed by atoms with E-state index in [4.69, 9.17) is 20.0 Å². The molecular formula is C25H31N9O7S2. The van der Waals surface area contributed by atoms with Crippen molar-refractivity contribution < 1.29 is 33.5 Å². The number of anilines is 1. The molecule has 18 heteroatoms. The first-order chi connectivity index (χ1) is 20.4. The number of tetrazole rings is 1. The van der Waals surface area contributed by atoms with Gasteiger partial charge in [-0.1, -0.05) is 17.3 Å². The van der Waals surface area contributed by atoms with Crippen LogP contribution in [0, 0.1) is 12.3 Å². The molecule has 0 spiro atoms. The number of allylic oxidation sites excluding steroid dienone is 2. The number of nitrogens with one attached hydrogen (secondary N) is 1. The zero-order valence-electron chi connectivity index (χ0n) is 24.1. The van der Waals surface area contributed by atoms with Crippen molar-refractivity contribution in [3.8, 4) is 0 Å². The zero-order valence-corrected chi connectivity index (χ0v) is 25.7. The number of ether oxygens (including phenoxy) is 2. The predicted octanol–water partition coefficient (Wildman–Crippen LogP) is 0.761. The molecule has 0 aromatic carbocycles. The Morgan fingerprint density at radius 1 is 1.28 bits per heavy atom. The van der Waals surface area contributed by atoms with Crippen molar-refractivity contribution in [2.45, 2.75) is 52.6 Å². The molecule has 0 saturated carbocycles. The Kier molecular flexibility index (Phi) is 9.80. The number of nitrogen functional groups attached to an aromatic ring is 1. The summed E-state index contributed by atoms with van der Waals surface area (Å²) in [5.74, 6) is -1.86. The number of amides is 2. The molecule has 3 N–H and O–H groups in total. The third kappa shape index (κ3) is 7.37. The minimum atomic E-state index is -0.977. The Labute approximate surface area is 254 Å². The number of aryl methyl sites for hydroxylation is 1. The summed E-state index contributed by atoms with van der Waals surface area (Å²) in [4.78, 5) is 63.7. The topological polar surface area (TPSA) is 206 Å². The summed E-state index contributed by atoms with van der Waals surface area (Å²) in [6.45, 7) is 8.23. The van der Waals surface area contributed by atoms with Gasteiger partial charge in [-0.25, -0.2) is 9.78 Å². The molecule has 2 atom stereocenters. The Morgan fingerprint density at radius 3 is 2.67 bits per heavy atom. The van der Waals surface area contributed by atoms with Gasteiger partial charge < -0.3 is 25.4 Å². The van der Waals surface area contributed by atoms with Gasteiger partial charge in [0.05, 0.1) is 12.0 Å². The molecule has 16 nitrogen and oxygen atoms in total. The minimum Gasteiger partial charge on any atom is -0.427 e. The molecule has 0 aliphatic carbocycles. The second kappa shape index (κ2) is 13.3. The molecule has 1 saturated heterocycles. The van der Waals surface area contributed by atoms with Crippen molar-refractivity contribution in [3.63, 3.8) is 0 Å². The zero-order chi connectivity index (χ0) is 31.3. The maximum Gasteiger partial charge on any atom is 0.358 e. The number of esters is 2. The van der Waals surface area contributed by atoms with E-state index < -0.39 is 47.4 Å². The predicted molar refractivity (Wildman–Crippen MR) is 155 cm³/mol. The maximum absolute atomic E-state index is 13.4. The number of thiazole rings is 1. The molecule has 43 heavy (non-hydrogen) atoms. The van der Waals surface area contributed by atoms with Crippen LogP contribution in [0.1, 0.15) is 39.2 Å². The van der Waals surface area contributed by atoms with Gasteiger partial charge in [0.1, 0.15) is 29.4 Å². The summed E-state index contributed by atoms with van der Waals surface area (Å²) in [5.41, 5.74) is 5.43. The molecule has 2 aromatic rings. The van der Waals surface area contributed by atoms with Gasteiger partial charge in [-0.3, -0.25) is 19.3 Å². The number of carbonyl (C=O) groups excluding carboxylic acids is 4. The number of oxime groups is 1. The van der Waals surface area contributed by atoms with Crippen molar-refractivity contribution in [2.24, 2.45) is 10.6 Å². The second-order valence-corrected chi connectivity index (χ2v) is 12.2. The molecule has 2 aliphatic rings. The number of hydrogen-bond acceptors (Lipinski definition) is 15. The van der Waals surface area contributed by atoms with Crippen LogP contribution in [0.3, 0.4) is 0 Å². The summed E-state index contributed by atoms with van der Waals surface area (Å²) in [6.07, 6.45) is 3.38. The molecule has 230 valence electrons. The fourth-order valence-corrected chi connectivity index (χ4v) is 5.68. The fourth-order valence-electron chi connectivity index (χ4n) is 3.81. The van der Waals surface area contributed by atoms with Crippen LogP contribution in [0.4, 0.5) is 5.13 Å². The van der Waals surface area contributed by atoms with Gasteiger partial charge in [0, 0.05) is 11.1 Å². The lowest BCUT2D eigenvalue weighted by Crippen LogP contribution is -2.71. The number of carbonyl (C=O) groups is 4. The van der Waals surface area contributed by atoms with E-state index in [1.54, 1.807) is 52.2 Å². The van der Waals surface area contributed by atoms with E-state index in [1.807, 2.05) is 0 Å². The molecule has 2 aliphatic heterocycles. The van der Waals surface area contributed by atoms with Gasteiger partial charge in [0.2, 0.25) is 6.79 Å². The number of nitrogens with zero attached hydrogens (tertiary/aromatic N) is 7. The van der Waals surface area contributed by atoms with Crippen LogP contribution in [0.25, 0.3) is 0 Å². The number of aromatic nitrogens is 5. The minimum absolute atomic E-state index is 0.0273. The lowest BCUT2D eigenvalue weighted by Gasteiger charge is -2.49. The highest BCUT2D eigenvalue weighted by molar-refractivity contribution is 8.00. The largest absolute Gasteiger partial charge is 0.427 e. The van der Waals surface area contributed by atoms with Crippen molar-refractivity contribution in [3.05, 3.63) is 40.3 Å². The fraction of sp³-hybridized carbons (Fsp3) is 0.480. The number of rotatable bonds is 11. The summed E-state index contributed by atoms with van der Waals surface area (Å²) in [7, 11) is 0. The van der Waals surface area contributed by atoms with Crippen molar-refractivity contribution in [1.29, 1.82) is 0 Å². The molecule has 4 rings (SSSR count). The standard InChI is InChI=1S/C25H31N9O7S2/c1-6-41-31-16(15-11-43-24(26)27-15)19(35)28-17-20(36)34-18(22(37)39-12-40-23(38)25(3,4)5)14(10-42-21(17)34)8-7-9-33-30-13(2)29-32-33/h7-8,11,17,21H,6,9-10,12H2,1-5H3,(H2,26,27)(H,28,35)/b8-7+,31-16?/t17?,21-/m1/s1. The first-order valence-electron chi connectivity index (χ1n) is 13.1. The van der Waals surface area contributed by atoms with Crippen LogP contribution < -0.4 is 11.1 Å². The van der Waals surface area contributed by atoms with Crippen LogP contribution in [0.15, 0.2) is 34.0 Å². The van der Waals surface area contributed by atoms with Gasteiger partial charge in [0.25, 0.3) is 11.8 Å². The third-order valence-electron chi connectivity index (χ3n) is 5.88. The van der Waals surface area contributed by atoms with E-state index in [2.05, 4.69) is 30.9 Å². The molecule has 1 fully saturated rings. The summed E-state index contributed by atoms with van der Waals surface area (Å²) in [6, 6.07) is -0.977. The smallest absolute Gasteiger partial charge is 0.358 e. The van der Waals surface area contributed by atoms with Crippen LogP contribution in [-0.2, 0) is 40.0 Å². The van der Waals surface area contributed by atoms with Crippen LogP contribution in [0.2, 0.25) is 0 Å². The van der Waals surface area contributed by atoms with E-state index in [0.29, 0.717) is 17.2 Å². The molecule has 4 heterocycles. The van der Waals surface area contributed by atoms with Gasteiger partial charge in [-0.05, 0) is 45.4 Å². The van der Waals surface area contributed by atoms with Crippen LogP contribution in [0.5, 0.6) is 0 Å². The number of fused-ring (bicyclic) bond motifs is 1. The number of β-lactam (4-membered cyclic amide) rings is 1. The summed E-state index contributed by atoms with van der Waals surface area (Å²) < 4.78 is 10.3. The van der Waals surface area contributed by atoms with Gasteiger partial charge in [-0.15, -0.1) is 33.3 Å². The van der Waals surface area contributed by atoms with E-state index in [-0.39, 0.29) is 35.4 Å². The highest BCUT2D eigenvalue weighted by Crippen LogP contribution is 2.41. The van der Waals surface area contributed by atoms with Gasteiger partial charge in [-0.2, -0.15) is 4.80 Å². The summed E-state index contributed by atoms with van der Waals surface area (Å²) in [5, 5.41) is 19.5. The Balaban J connectivity index is 1.53. The highest BCUT2D eigenvalue weighted by atomic mass is 32.2. The molecule has 1 unspecified atom stereocenters. The van der Waals surface area contributed by atoms with Crippen molar-refractivity contribution in [1.82, 2.24) is 35.4 Å². The summed E-state index contributed by atoms with van der Waals surface area (Å²) >= 11 is 2.46. The van der Waals surface area contributed by atoms with Gasteiger partial charge >= 0.3 is 11.9 Å². The van der Waals surface area contributed by atoms with Crippen LogP contribution in [-0.4, -0.2) is 90.1 Å². The first-order valence-corrected chi connectivity index (χ1v) is 15.0. The average Bonchev–Trinajstić information content (AvgIpc) is 3.58. The maximum atomic E-state index is 13.4. The normalized spacial score (nSPS) is 18.8. The average molecular weight is 634 g/mol. The van der Waals surface area contributed by atoms with Crippen LogP contribution >= 0.6 is 23.1 Å². The SMILES string of the molecule is CCON=C(C(=O)NC1C(=O)N2C(C(=O)OCOC(=O)C(C)(C)C)=C(/C=C/Cn3nnc(C)n3)CS[C@H]12)c1csc(N)n1. The molecule has 2 aromatic heterocycles. The Bertz CT molecular complexity index is 1490. The lowest BCUT2D eigenvalue weighted by molar-refractivity contribution is -0.173. The first kappa shape index (κ1) is 31.6. The molecule has 0 radical (unpaired) electrons. The monoisotopic (exact) mass is 633 g/mol. The Morgan fingerprint density at radius 2 is 2.05 bits per heavy atom. The van der Waals surface area contributed by atoms with E-state index in [1.165, 1.54) is 21.5 Å². The molecule has 2 amide bonds. The second-order valence-electron chi connectivity index (χ2n) is 10.2. The van der Waals surface area contributed by atoms with E-state index >= 15 is 0 Å². The molecule has 0 bridgehead atoms. The lowest BCUT2D eigenvalue weighted by atomic mass is 9.98. The van der Waals surface area contributed by atoms with Gasteiger partial charge in [0.15, 0.2) is 16.7 Å². The third-order valence-corrected chi connectivity index (χ3v) is 7.85. The van der Waals surface area contributed by atoms with E-state index in [0.717, 1.165) is 11.3 Å². The van der Waals surface area contributed by atoms with E-state index in [9.17, 15) is 19.2 Å².